The molecule has 1 aliphatic rings. The molecule has 1 aromatic carbocycles. The highest BCUT2D eigenvalue weighted by Gasteiger charge is 2.44. The van der Waals surface area contributed by atoms with Gasteiger partial charge in [-0.05, 0) is 58.8 Å². The van der Waals surface area contributed by atoms with Crippen LogP contribution in [0.15, 0.2) is 58.4 Å². The van der Waals surface area contributed by atoms with Gasteiger partial charge in [0.25, 0.3) is 5.91 Å². The molecule has 2 heterocycles. The van der Waals surface area contributed by atoms with Crippen molar-refractivity contribution in [2.75, 3.05) is 20.3 Å². The highest BCUT2D eigenvalue weighted by atomic mass is 127. The zero-order valence-electron chi connectivity index (χ0n) is 14.1. The summed E-state index contributed by atoms with van der Waals surface area (Å²) < 4.78 is 11.3. The number of furan rings is 1. The van der Waals surface area contributed by atoms with Crippen molar-refractivity contribution in [3.05, 3.63) is 68.9 Å². The second-order valence-corrected chi connectivity index (χ2v) is 7.11. The lowest BCUT2D eigenvalue weighted by molar-refractivity contribution is -0.129. The predicted molar refractivity (Wildman–Crippen MR) is 103 cm³/mol. The van der Waals surface area contributed by atoms with Gasteiger partial charge in [-0.25, -0.2) is 0 Å². The van der Waals surface area contributed by atoms with Crippen LogP contribution in [0.1, 0.15) is 28.6 Å². The van der Waals surface area contributed by atoms with Gasteiger partial charge in [-0.1, -0.05) is 12.1 Å². The van der Waals surface area contributed by atoms with Crippen molar-refractivity contribution in [2.45, 2.75) is 12.5 Å². The minimum absolute atomic E-state index is 0.0450. The van der Waals surface area contributed by atoms with Gasteiger partial charge in [-0.15, -0.1) is 0 Å². The summed E-state index contributed by atoms with van der Waals surface area (Å²) >= 11 is 2.19. The summed E-state index contributed by atoms with van der Waals surface area (Å²) in [6.45, 7) is 0.841. The molecule has 6 nitrogen and oxygen atoms in total. The van der Waals surface area contributed by atoms with E-state index in [2.05, 4.69) is 22.6 Å². The van der Waals surface area contributed by atoms with Crippen molar-refractivity contribution in [2.24, 2.45) is 0 Å². The molecular weight excluding hydrogens is 449 g/mol. The zero-order valence-corrected chi connectivity index (χ0v) is 16.3. The third kappa shape index (κ3) is 3.54. The first kappa shape index (κ1) is 18.7. The van der Waals surface area contributed by atoms with E-state index < -0.39 is 23.5 Å². The van der Waals surface area contributed by atoms with Crippen molar-refractivity contribution < 1.29 is 23.8 Å². The monoisotopic (exact) mass is 467 g/mol. The quantitative estimate of drug-likeness (QED) is 0.383. The SMILES string of the molecule is COCCCN1C(=O)C(O)=C(C(=O)c2ccco2)[C@H]1c1ccc(I)cc1. The number of methoxy groups -OCH3 is 1. The Morgan fingerprint density at radius 2 is 2.04 bits per heavy atom. The van der Waals surface area contributed by atoms with E-state index in [-0.39, 0.29) is 11.3 Å². The average Bonchev–Trinajstić information content (AvgIpc) is 3.25. The molecule has 0 saturated carbocycles. The standard InChI is InChI=1S/C19H18INO5/c1-25-10-3-9-21-16(12-5-7-13(20)8-6-12)15(18(23)19(21)24)17(22)14-4-2-11-26-14/h2,4-8,11,16,23H,3,9-10H2,1H3/t16-/m1/s1. The van der Waals surface area contributed by atoms with Crippen LogP contribution in [-0.4, -0.2) is 42.0 Å². The van der Waals surface area contributed by atoms with Gasteiger partial charge in [0.2, 0.25) is 5.78 Å². The third-order valence-electron chi connectivity index (χ3n) is 4.23. The number of benzene rings is 1. The summed E-state index contributed by atoms with van der Waals surface area (Å²) in [7, 11) is 1.59. The fourth-order valence-electron chi connectivity index (χ4n) is 3.03. The van der Waals surface area contributed by atoms with Crippen molar-refractivity contribution >= 4 is 34.3 Å². The number of hydrogen-bond donors (Lipinski definition) is 1. The molecular formula is C19H18INO5. The molecule has 0 aliphatic carbocycles. The van der Waals surface area contributed by atoms with Crippen molar-refractivity contribution in [1.29, 1.82) is 0 Å². The largest absolute Gasteiger partial charge is 0.503 e. The number of aliphatic hydroxyl groups is 1. The van der Waals surface area contributed by atoms with Crippen LogP contribution in [-0.2, 0) is 9.53 Å². The van der Waals surface area contributed by atoms with Gasteiger partial charge in [-0.3, -0.25) is 9.59 Å². The predicted octanol–water partition coefficient (Wildman–Crippen LogP) is 3.50. The van der Waals surface area contributed by atoms with Crippen molar-refractivity contribution in [3.8, 4) is 0 Å². The lowest BCUT2D eigenvalue weighted by atomic mass is 9.95. The number of carbonyl (C=O) groups is 2. The number of halogens is 1. The number of amides is 1. The van der Waals surface area contributed by atoms with Gasteiger partial charge in [0.1, 0.15) is 0 Å². The Kier molecular flexibility index (Phi) is 5.77. The van der Waals surface area contributed by atoms with Crippen LogP contribution < -0.4 is 0 Å². The number of hydrogen-bond acceptors (Lipinski definition) is 5. The summed E-state index contributed by atoms with van der Waals surface area (Å²) in [5, 5.41) is 10.4. The fourth-order valence-corrected chi connectivity index (χ4v) is 3.39. The van der Waals surface area contributed by atoms with E-state index in [1.807, 2.05) is 24.3 Å². The van der Waals surface area contributed by atoms with Gasteiger partial charge in [0.15, 0.2) is 11.5 Å². The molecule has 1 atom stereocenters. The Morgan fingerprint density at radius 1 is 1.31 bits per heavy atom. The van der Waals surface area contributed by atoms with Crippen LogP contribution >= 0.6 is 22.6 Å². The zero-order chi connectivity index (χ0) is 18.7. The first-order valence-corrected chi connectivity index (χ1v) is 9.19. The molecule has 26 heavy (non-hydrogen) atoms. The molecule has 1 N–H and O–H groups in total. The second kappa shape index (κ2) is 8.05. The molecule has 0 bridgehead atoms. The number of nitrogens with zero attached hydrogens (tertiary/aromatic N) is 1. The smallest absolute Gasteiger partial charge is 0.290 e. The van der Waals surface area contributed by atoms with E-state index >= 15 is 0 Å². The van der Waals surface area contributed by atoms with E-state index in [0.29, 0.717) is 19.6 Å². The summed E-state index contributed by atoms with van der Waals surface area (Å²) in [5.74, 6) is -1.47. The maximum absolute atomic E-state index is 12.9. The Bertz CT molecular complexity index is 826. The summed E-state index contributed by atoms with van der Waals surface area (Å²) in [5.41, 5.74) is 0.804. The number of Topliss-reactive ketones (excluding diaryl/α,β-unsaturated/α-hetero) is 1. The van der Waals surface area contributed by atoms with Crippen molar-refractivity contribution in [3.63, 3.8) is 0 Å². The van der Waals surface area contributed by atoms with Gasteiger partial charge in [0.05, 0.1) is 17.9 Å². The van der Waals surface area contributed by atoms with E-state index in [9.17, 15) is 14.7 Å². The number of rotatable bonds is 7. The van der Waals surface area contributed by atoms with E-state index in [1.165, 1.54) is 17.2 Å². The van der Waals surface area contributed by atoms with E-state index in [4.69, 9.17) is 9.15 Å². The van der Waals surface area contributed by atoms with Gasteiger partial charge in [0, 0.05) is 23.8 Å². The van der Waals surface area contributed by atoms with Crippen LogP contribution in [0.25, 0.3) is 0 Å². The third-order valence-corrected chi connectivity index (χ3v) is 4.95. The fraction of sp³-hybridized carbons (Fsp3) is 0.263. The average molecular weight is 467 g/mol. The molecule has 136 valence electrons. The molecule has 0 fully saturated rings. The Balaban J connectivity index is 2.02. The Morgan fingerprint density at radius 3 is 2.65 bits per heavy atom. The molecule has 7 heteroatoms. The van der Waals surface area contributed by atoms with Crippen LogP contribution in [0.2, 0.25) is 0 Å². The summed E-state index contributed by atoms with van der Waals surface area (Å²) in [6, 6.07) is 9.97. The molecule has 1 aliphatic heterocycles. The molecule has 1 aromatic heterocycles. The van der Waals surface area contributed by atoms with Gasteiger partial charge >= 0.3 is 0 Å². The molecule has 1 amide bonds. The van der Waals surface area contributed by atoms with Crippen LogP contribution in [0, 0.1) is 3.57 Å². The highest BCUT2D eigenvalue weighted by molar-refractivity contribution is 14.1. The molecule has 2 aromatic rings. The molecule has 0 radical (unpaired) electrons. The van der Waals surface area contributed by atoms with E-state index in [0.717, 1.165) is 9.13 Å². The van der Waals surface area contributed by atoms with Gasteiger partial charge in [-0.2, -0.15) is 0 Å². The molecule has 0 saturated heterocycles. The van der Waals surface area contributed by atoms with Crippen LogP contribution in [0.3, 0.4) is 0 Å². The van der Waals surface area contributed by atoms with Crippen molar-refractivity contribution in [1.82, 2.24) is 4.90 Å². The summed E-state index contributed by atoms with van der Waals surface area (Å²) in [6.07, 6.45) is 1.98. The minimum atomic E-state index is -0.658. The van der Waals surface area contributed by atoms with Crippen LogP contribution in [0.5, 0.6) is 0 Å². The molecule has 0 unspecified atom stereocenters. The Labute approximate surface area is 164 Å². The molecule has 3 rings (SSSR count). The van der Waals surface area contributed by atoms with E-state index in [1.54, 1.807) is 13.2 Å². The Hall–Kier alpha value is -2.13. The first-order valence-electron chi connectivity index (χ1n) is 8.11. The lowest BCUT2D eigenvalue weighted by Crippen LogP contribution is -2.32. The maximum atomic E-state index is 12.9. The topological polar surface area (TPSA) is 80.0 Å². The number of aliphatic hydroxyl groups excluding tert-OH is 1. The maximum Gasteiger partial charge on any atom is 0.290 e. The number of ether oxygens (including phenoxy) is 1. The number of ketones is 1. The number of carbonyl (C=O) groups excluding carboxylic acids is 2. The van der Waals surface area contributed by atoms with Gasteiger partial charge < -0.3 is 19.2 Å². The summed E-state index contributed by atoms with van der Waals surface area (Å²) in [4.78, 5) is 27.0. The van der Waals surface area contributed by atoms with Crippen LogP contribution in [0.4, 0.5) is 0 Å². The second-order valence-electron chi connectivity index (χ2n) is 5.87. The highest BCUT2D eigenvalue weighted by Crippen LogP contribution is 2.39. The first-order chi connectivity index (χ1) is 12.5. The minimum Gasteiger partial charge on any atom is -0.503 e. The molecule has 0 spiro atoms. The lowest BCUT2D eigenvalue weighted by Gasteiger charge is -2.26. The normalized spacial score (nSPS) is 17.2.